The van der Waals surface area contributed by atoms with Crippen LogP contribution in [0, 0.1) is 5.82 Å². The smallest absolute Gasteiger partial charge is 0.224 e. The van der Waals surface area contributed by atoms with E-state index in [1.54, 1.807) is 6.07 Å². The summed E-state index contributed by atoms with van der Waals surface area (Å²) in [6.07, 6.45) is 1.16. The molecule has 0 saturated carbocycles. The summed E-state index contributed by atoms with van der Waals surface area (Å²) in [6.45, 7) is 0.780. The molecule has 0 fully saturated rings. The average molecular weight is 281 g/mol. The SMILES string of the molecule is CNCCCC(=O)Nc1ccc(Cl)c(F)c1.Cl. The molecule has 6 heteroatoms. The first-order valence-electron chi connectivity index (χ1n) is 5.03. The van der Waals surface area contributed by atoms with Crippen LogP contribution in [0.4, 0.5) is 10.1 Å². The van der Waals surface area contributed by atoms with Crippen molar-refractivity contribution >= 4 is 35.6 Å². The summed E-state index contributed by atoms with van der Waals surface area (Å²) in [4.78, 5) is 11.4. The maximum absolute atomic E-state index is 13.0. The summed E-state index contributed by atoms with van der Waals surface area (Å²) in [5.41, 5.74) is 0.427. The van der Waals surface area contributed by atoms with E-state index < -0.39 is 5.82 Å². The van der Waals surface area contributed by atoms with E-state index in [1.165, 1.54) is 12.1 Å². The number of carbonyl (C=O) groups excluding carboxylic acids is 1. The molecule has 1 rings (SSSR count). The molecule has 17 heavy (non-hydrogen) atoms. The summed E-state index contributed by atoms with van der Waals surface area (Å²) in [5.74, 6) is -0.660. The molecule has 3 nitrogen and oxygen atoms in total. The molecule has 2 N–H and O–H groups in total. The lowest BCUT2D eigenvalue weighted by molar-refractivity contribution is -0.116. The van der Waals surface area contributed by atoms with Crippen molar-refractivity contribution in [3.8, 4) is 0 Å². The Morgan fingerprint density at radius 2 is 2.18 bits per heavy atom. The highest BCUT2D eigenvalue weighted by atomic mass is 35.5. The van der Waals surface area contributed by atoms with Gasteiger partial charge in [0.05, 0.1) is 5.02 Å². The summed E-state index contributed by atoms with van der Waals surface area (Å²) in [6, 6.07) is 4.19. The predicted octanol–water partition coefficient (Wildman–Crippen LogP) is 2.84. The monoisotopic (exact) mass is 280 g/mol. The van der Waals surface area contributed by atoms with E-state index in [1.807, 2.05) is 7.05 Å². The van der Waals surface area contributed by atoms with E-state index in [0.717, 1.165) is 13.0 Å². The maximum Gasteiger partial charge on any atom is 0.224 e. The zero-order chi connectivity index (χ0) is 12.0. The lowest BCUT2D eigenvalue weighted by Crippen LogP contribution is -2.15. The Morgan fingerprint density at radius 1 is 1.47 bits per heavy atom. The second-order valence-electron chi connectivity index (χ2n) is 3.38. The number of carbonyl (C=O) groups is 1. The van der Waals surface area contributed by atoms with Crippen LogP contribution in [0.15, 0.2) is 18.2 Å². The third-order valence-electron chi connectivity index (χ3n) is 2.03. The quantitative estimate of drug-likeness (QED) is 0.815. The molecule has 1 aromatic carbocycles. The van der Waals surface area contributed by atoms with E-state index in [0.29, 0.717) is 12.1 Å². The van der Waals surface area contributed by atoms with Crippen LogP contribution in [0.1, 0.15) is 12.8 Å². The van der Waals surface area contributed by atoms with Crippen molar-refractivity contribution in [3.05, 3.63) is 29.0 Å². The molecule has 96 valence electrons. The fourth-order valence-electron chi connectivity index (χ4n) is 1.22. The minimum atomic E-state index is -0.533. The lowest BCUT2D eigenvalue weighted by Gasteiger charge is -2.05. The largest absolute Gasteiger partial charge is 0.326 e. The fourth-order valence-corrected chi connectivity index (χ4v) is 1.34. The number of rotatable bonds is 5. The van der Waals surface area contributed by atoms with Crippen LogP contribution < -0.4 is 10.6 Å². The van der Waals surface area contributed by atoms with Gasteiger partial charge in [0.2, 0.25) is 5.91 Å². The lowest BCUT2D eigenvalue weighted by atomic mass is 10.2. The molecule has 1 aromatic rings. The van der Waals surface area contributed by atoms with E-state index >= 15 is 0 Å². The van der Waals surface area contributed by atoms with Crippen LogP contribution in [0.2, 0.25) is 5.02 Å². The summed E-state index contributed by atoms with van der Waals surface area (Å²) in [7, 11) is 1.83. The van der Waals surface area contributed by atoms with Crippen molar-refractivity contribution in [1.82, 2.24) is 5.32 Å². The molecule has 0 aliphatic rings. The normalized spacial score (nSPS) is 9.59. The van der Waals surface area contributed by atoms with E-state index in [2.05, 4.69) is 10.6 Å². The van der Waals surface area contributed by atoms with E-state index in [4.69, 9.17) is 11.6 Å². The van der Waals surface area contributed by atoms with Crippen molar-refractivity contribution in [2.75, 3.05) is 18.9 Å². The van der Waals surface area contributed by atoms with Crippen molar-refractivity contribution < 1.29 is 9.18 Å². The standard InChI is InChI=1S/C11H14ClFN2O.ClH/c1-14-6-2-3-11(16)15-8-4-5-9(12)10(13)7-8;/h4-5,7,14H,2-3,6H2,1H3,(H,15,16);1H. The number of nitrogens with one attached hydrogen (secondary N) is 2. The van der Waals surface area contributed by atoms with E-state index in [-0.39, 0.29) is 23.3 Å². The van der Waals surface area contributed by atoms with Gasteiger partial charge in [-0.1, -0.05) is 11.6 Å². The fraction of sp³-hybridized carbons (Fsp3) is 0.364. The van der Waals surface area contributed by atoms with Crippen LogP contribution in [-0.2, 0) is 4.79 Å². The molecule has 0 bridgehead atoms. The van der Waals surface area contributed by atoms with Gasteiger partial charge < -0.3 is 10.6 Å². The van der Waals surface area contributed by atoms with Gasteiger partial charge in [0, 0.05) is 12.1 Å². The minimum Gasteiger partial charge on any atom is -0.326 e. The van der Waals surface area contributed by atoms with Gasteiger partial charge in [-0.3, -0.25) is 4.79 Å². The Labute approximate surface area is 111 Å². The summed E-state index contributed by atoms with van der Waals surface area (Å²) >= 11 is 5.52. The number of anilines is 1. The molecule has 0 aliphatic heterocycles. The second kappa shape index (κ2) is 8.28. The molecular formula is C11H15Cl2FN2O. The Hall–Kier alpha value is -0.840. The third kappa shape index (κ3) is 5.86. The topological polar surface area (TPSA) is 41.1 Å². The van der Waals surface area contributed by atoms with Crippen molar-refractivity contribution in [1.29, 1.82) is 0 Å². The predicted molar refractivity (Wildman–Crippen MR) is 70.4 cm³/mol. The first-order chi connectivity index (χ1) is 7.63. The first kappa shape index (κ1) is 16.2. The zero-order valence-electron chi connectivity index (χ0n) is 9.43. The number of hydrogen-bond acceptors (Lipinski definition) is 2. The van der Waals surface area contributed by atoms with Crippen LogP contribution in [-0.4, -0.2) is 19.5 Å². The van der Waals surface area contributed by atoms with Crippen LogP contribution in [0.25, 0.3) is 0 Å². The Balaban J connectivity index is 0.00000256. The summed E-state index contributed by atoms with van der Waals surface area (Å²) < 4.78 is 13.0. The zero-order valence-corrected chi connectivity index (χ0v) is 11.0. The molecule has 0 spiro atoms. The second-order valence-corrected chi connectivity index (χ2v) is 3.79. The van der Waals surface area contributed by atoms with Gasteiger partial charge in [0.15, 0.2) is 0 Å². The highest BCUT2D eigenvalue weighted by Crippen LogP contribution is 2.18. The number of amides is 1. The molecule has 1 amide bonds. The van der Waals surface area contributed by atoms with Gasteiger partial charge in [0.1, 0.15) is 5.82 Å². The van der Waals surface area contributed by atoms with Gasteiger partial charge >= 0.3 is 0 Å². The maximum atomic E-state index is 13.0. The number of hydrogen-bond donors (Lipinski definition) is 2. The first-order valence-corrected chi connectivity index (χ1v) is 5.41. The minimum absolute atomic E-state index is 0. The number of halogens is 3. The number of benzene rings is 1. The Morgan fingerprint density at radius 3 is 2.76 bits per heavy atom. The van der Waals surface area contributed by atoms with Crippen molar-refractivity contribution in [2.45, 2.75) is 12.8 Å². The Kier molecular flexibility index (Phi) is 7.87. The molecule has 0 saturated heterocycles. The van der Waals surface area contributed by atoms with Crippen molar-refractivity contribution in [2.24, 2.45) is 0 Å². The van der Waals surface area contributed by atoms with E-state index in [9.17, 15) is 9.18 Å². The highest BCUT2D eigenvalue weighted by Gasteiger charge is 2.04. The Bertz CT molecular complexity index is 374. The van der Waals surface area contributed by atoms with Gasteiger partial charge in [-0.05, 0) is 38.2 Å². The van der Waals surface area contributed by atoms with Crippen LogP contribution in [0.3, 0.4) is 0 Å². The van der Waals surface area contributed by atoms with Gasteiger partial charge in [0.25, 0.3) is 0 Å². The molecule has 0 aliphatic carbocycles. The molecule has 0 radical (unpaired) electrons. The van der Waals surface area contributed by atoms with Crippen LogP contribution >= 0.6 is 24.0 Å². The molecule has 0 atom stereocenters. The molecular weight excluding hydrogens is 266 g/mol. The van der Waals surface area contributed by atoms with Crippen molar-refractivity contribution in [3.63, 3.8) is 0 Å². The van der Waals surface area contributed by atoms with Gasteiger partial charge in [-0.2, -0.15) is 0 Å². The average Bonchev–Trinajstić information content (AvgIpc) is 2.24. The van der Waals surface area contributed by atoms with Crippen LogP contribution in [0.5, 0.6) is 0 Å². The van der Waals surface area contributed by atoms with Gasteiger partial charge in [-0.25, -0.2) is 4.39 Å². The molecule has 0 heterocycles. The van der Waals surface area contributed by atoms with Gasteiger partial charge in [-0.15, -0.1) is 12.4 Å². The third-order valence-corrected chi connectivity index (χ3v) is 2.34. The highest BCUT2D eigenvalue weighted by molar-refractivity contribution is 6.30. The molecule has 0 unspecified atom stereocenters. The molecule has 0 aromatic heterocycles. The summed E-state index contributed by atoms with van der Waals surface area (Å²) in [5, 5.41) is 5.60.